The summed E-state index contributed by atoms with van der Waals surface area (Å²) in [6, 6.07) is 13.0. The van der Waals surface area contributed by atoms with Gasteiger partial charge in [-0.05, 0) is 55.0 Å². The van der Waals surface area contributed by atoms with Crippen LogP contribution >= 0.6 is 11.3 Å². The number of benzene rings is 2. The van der Waals surface area contributed by atoms with Gasteiger partial charge in [-0.3, -0.25) is 4.57 Å². The third-order valence-electron chi connectivity index (χ3n) is 5.14. The second-order valence-corrected chi connectivity index (χ2v) is 9.15. The number of hydrogen-bond donors (Lipinski definition) is 0. The molecule has 28 heavy (non-hydrogen) atoms. The van der Waals surface area contributed by atoms with Crippen LogP contribution in [0, 0.1) is 13.8 Å². The minimum absolute atomic E-state index is 0.409. The van der Waals surface area contributed by atoms with Crippen molar-refractivity contribution in [1.82, 2.24) is 19.7 Å². The van der Waals surface area contributed by atoms with E-state index in [1.165, 1.54) is 21.5 Å². The van der Waals surface area contributed by atoms with Gasteiger partial charge in [0.2, 0.25) is 0 Å². The highest BCUT2D eigenvalue weighted by atomic mass is 32.1. The van der Waals surface area contributed by atoms with Gasteiger partial charge in [0, 0.05) is 5.56 Å². The van der Waals surface area contributed by atoms with E-state index < -0.39 is 0 Å². The summed E-state index contributed by atoms with van der Waals surface area (Å²) in [7, 11) is 0. The molecule has 0 N–H and O–H groups in total. The van der Waals surface area contributed by atoms with Gasteiger partial charge >= 0.3 is 0 Å². The van der Waals surface area contributed by atoms with Crippen molar-refractivity contribution in [1.29, 1.82) is 0 Å². The highest BCUT2D eigenvalue weighted by Crippen LogP contribution is 2.35. The summed E-state index contributed by atoms with van der Waals surface area (Å²) in [6.07, 6.45) is 0. The Morgan fingerprint density at radius 3 is 2.21 bits per heavy atom. The third kappa shape index (κ3) is 3.14. The first-order valence-corrected chi connectivity index (χ1v) is 10.6. The molecular formula is C23H26N4S. The predicted molar refractivity (Wildman–Crippen MR) is 118 cm³/mol. The van der Waals surface area contributed by atoms with Gasteiger partial charge in [-0.15, -0.1) is 21.5 Å². The number of hydrogen-bond acceptors (Lipinski definition) is 4. The van der Waals surface area contributed by atoms with Crippen LogP contribution in [0.15, 0.2) is 36.4 Å². The van der Waals surface area contributed by atoms with Crippen LogP contribution in [0.25, 0.3) is 27.3 Å². The quantitative estimate of drug-likeness (QED) is 0.404. The lowest BCUT2D eigenvalue weighted by Crippen LogP contribution is -2.09. The molecule has 0 radical (unpaired) electrons. The monoisotopic (exact) mass is 390 g/mol. The van der Waals surface area contributed by atoms with Gasteiger partial charge < -0.3 is 0 Å². The fourth-order valence-electron chi connectivity index (χ4n) is 3.77. The number of aromatic nitrogens is 4. The molecule has 2 aromatic carbocycles. The van der Waals surface area contributed by atoms with Gasteiger partial charge in [-0.1, -0.05) is 45.9 Å². The van der Waals surface area contributed by atoms with E-state index in [9.17, 15) is 0 Å². The summed E-state index contributed by atoms with van der Waals surface area (Å²) in [5.41, 5.74) is 5.93. The van der Waals surface area contributed by atoms with Gasteiger partial charge in [-0.25, -0.2) is 4.98 Å². The van der Waals surface area contributed by atoms with Gasteiger partial charge in [0.1, 0.15) is 5.82 Å². The highest BCUT2D eigenvalue weighted by Gasteiger charge is 2.21. The van der Waals surface area contributed by atoms with Crippen LogP contribution in [0.4, 0.5) is 0 Å². The lowest BCUT2D eigenvalue weighted by molar-refractivity contribution is 0.799. The van der Waals surface area contributed by atoms with Crippen molar-refractivity contribution in [2.45, 2.75) is 53.4 Å². The van der Waals surface area contributed by atoms with Crippen LogP contribution in [-0.2, 0) is 0 Å². The maximum Gasteiger partial charge on any atom is 0.168 e. The summed E-state index contributed by atoms with van der Waals surface area (Å²) in [5, 5.41) is 10.1. The molecule has 4 nitrogen and oxygen atoms in total. The van der Waals surface area contributed by atoms with Crippen molar-refractivity contribution in [2.24, 2.45) is 0 Å². The van der Waals surface area contributed by atoms with E-state index in [0.717, 1.165) is 27.7 Å². The van der Waals surface area contributed by atoms with E-state index in [-0.39, 0.29) is 0 Å². The maximum atomic E-state index is 4.66. The van der Waals surface area contributed by atoms with E-state index in [4.69, 9.17) is 0 Å². The summed E-state index contributed by atoms with van der Waals surface area (Å²) in [4.78, 5) is 4.66. The van der Waals surface area contributed by atoms with E-state index in [1.54, 1.807) is 11.3 Å². The van der Waals surface area contributed by atoms with Crippen molar-refractivity contribution >= 4 is 21.6 Å². The van der Waals surface area contributed by atoms with E-state index >= 15 is 0 Å². The van der Waals surface area contributed by atoms with Crippen molar-refractivity contribution < 1.29 is 0 Å². The molecule has 0 saturated carbocycles. The average molecular weight is 391 g/mol. The Balaban J connectivity index is 1.99. The number of para-hydroxylation sites is 1. The zero-order valence-electron chi connectivity index (χ0n) is 17.3. The Hall–Kier alpha value is -2.53. The molecule has 0 fully saturated rings. The Labute approximate surface area is 170 Å². The molecule has 0 saturated heterocycles. The average Bonchev–Trinajstić information content (AvgIpc) is 3.21. The molecule has 0 bridgehead atoms. The van der Waals surface area contributed by atoms with Crippen LogP contribution in [0.2, 0.25) is 0 Å². The Bertz CT molecular complexity index is 1120. The van der Waals surface area contributed by atoms with Gasteiger partial charge in [0.05, 0.1) is 20.9 Å². The van der Waals surface area contributed by atoms with Crippen molar-refractivity contribution in [3.05, 3.63) is 58.4 Å². The zero-order chi connectivity index (χ0) is 20.0. The topological polar surface area (TPSA) is 43.6 Å². The van der Waals surface area contributed by atoms with Gasteiger partial charge in [0.15, 0.2) is 5.82 Å². The molecule has 2 heterocycles. The molecule has 5 heteroatoms. The van der Waals surface area contributed by atoms with Crippen molar-refractivity contribution in [2.75, 3.05) is 0 Å². The SMILES string of the molecule is Cc1nc2cc(-c3nnc(C)n3-c3c(C(C)C)cccc3C(C)C)ccc2s1. The first-order valence-electron chi connectivity index (χ1n) is 9.79. The minimum Gasteiger partial charge on any atom is -0.279 e. The molecule has 0 amide bonds. The van der Waals surface area contributed by atoms with Crippen LogP contribution < -0.4 is 0 Å². The largest absolute Gasteiger partial charge is 0.279 e. The standard InChI is InChI=1S/C23H26N4S/c1-13(2)18-8-7-9-19(14(3)4)22(18)27-15(5)25-26-23(27)17-10-11-21-20(12-17)24-16(6)28-21/h7-14H,1-6H3. The molecule has 144 valence electrons. The maximum absolute atomic E-state index is 4.66. The Kier molecular flexibility index (Phi) is 4.79. The molecule has 0 unspecified atom stereocenters. The Morgan fingerprint density at radius 1 is 0.893 bits per heavy atom. The van der Waals surface area contributed by atoms with E-state index in [1.807, 2.05) is 13.8 Å². The Morgan fingerprint density at radius 2 is 1.57 bits per heavy atom. The second kappa shape index (κ2) is 7.13. The highest BCUT2D eigenvalue weighted by molar-refractivity contribution is 7.18. The number of aryl methyl sites for hydroxylation is 2. The van der Waals surface area contributed by atoms with E-state index in [2.05, 4.69) is 83.8 Å². The van der Waals surface area contributed by atoms with Gasteiger partial charge in [-0.2, -0.15) is 0 Å². The molecule has 0 aliphatic rings. The predicted octanol–water partition coefficient (Wildman–Crippen LogP) is 6.41. The lowest BCUT2D eigenvalue weighted by atomic mass is 9.92. The lowest BCUT2D eigenvalue weighted by Gasteiger charge is -2.22. The normalized spacial score (nSPS) is 11.9. The number of fused-ring (bicyclic) bond motifs is 1. The molecule has 4 aromatic rings. The van der Waals surface area contributed by atoms with Crippen LogP contribution in [0.3, 0.4) is 0 Å². The summed E-state index contributed by atoms with van der Waals surface area (Å²) >= 11 is 1.72. The van der Waals surface area contributed by atoms with Crippen molar-refractivity contribution in [3.63, 3.8) is 0 Å². The smallest absolute Gasteiger partial charge is 0.168 e. The van der Waals surface area contributed by atoms with E-state index in [0.29, 0.717) is 11.8 Å². The second-order valence-electron chi connectivity index (χ2n) is 7.92. The van der Waals surface area contributed by atoms with Crippen LogP contribution in [0.5, 0.6) is 0 Å². The fraction of sp³-hybridized carbons (Fsp3) is 0.348. The summed E-state index contributed by atoms with van der Waals surface area (Å²) < 4.78 is 3.43. The molecule has 0 spiro atoms. The third-order valence-corrected chi connectivity index (χ3v) is 6.10. The molecule has 0 aliphatic heterocycles. The van der Waals surface area contributed by atoms with Crippen molar-refractivity contribution in [3.8, 4) is 17.1 Å². The number of rotatable bonds is 4. The first kappa shape index (κ1) is 18.8. The molecule has 4 rings (SSSR count). The van der Waals surface area contributed by atoms with Crippen LogP contribution in [-0.4, -0.2) is 19.7 Å². The molecule has 0 aliphatic carbocycles. The zero-order valence-corrected chi connectivity index (χ0v) is 18.1. The molecule has 0 atom stereocenters. The molecular weight excluding hydrogens is 364 g/mol. The molecule has 2 aromatic heterocycles. The van der Waals surface area contributed by atoms with Crippen LogP contribution in [0.1, 0.15) is 61.5 Å². The number of nitrogens with zero attached hydrogens (tertiary/aromatic N) is 4. The summed E-state index contributed by atoms with van der Waals surface area (Å²) in [6.45, 7) is 13.0. The summed E-state index contributed by atoms with van der Waals surface area (Å²) in [5.74, 6) is 2.60. The fourth-order valence-corrected chi connectivity index (χ4v) is 4.58. The number of thiazole rings is 1. The van der Waals surface area contributed by atoms with Gasteiger partial charge in [0.25, 0.3) is 0 Å². The minimum atomic E-state index is 0.409. The first-order chi connectivity index (χ1) is 13.4.